The van der Waals surface area contributed by atoms with E-state index in [0.717, 1.165) is 39.2 Å². The molecule has 198 valence electrons. The van der Waals surface area contributed by atoms with Crippen LogP contribution in [0.5, 0.6) is 0 Å². The molecule has 0 aliphatic heterocycles. The first-order valence-corrected chi connectivity index (χ1v) is 15.0. The zero-order valence-electron chi connectivity index (χ0n) is 22.5. The van der Waals surface area contributed by atoms with Crippen LogP contribution in [-0.4, -0.2) is 9.97 Å². The summed E-state index contributed by atoms with van der Waals surface area (Å²) in [6.45, 7) is 0. The highest BCUT2D eigenvalue weighted by Gasteiger charge is 2.18. The number of rotatable bonds is 4. The molecule has 0 fully saturated rings. The van der Waals surface area contributed by atoms with Gasteiger partial charge < -0.3 is 0 Å². The fraction of sp³-hybridized carbons (Fsp3) is 0. The Bertz CT molecular complexity index is 2260. The molecule has 6 aromatic carbocycles. The van der Waals surface area contributed by atoms with Crippen molar-refractivity contribution in [3.05, 3.63) is 145 Å². The minimum absolute atomic E-state index is 0.672. The van der Waals surface area contributed by atoms with Crippen LogP contribution in [0.2, 0.25) is 5.02 Å². The van der Waals surface area contributed by atoms with Crippen molar-refractivity contribution in [3.8, 4) is 45.0 Å². The zero-order chi connectivity index (χ0) is 28.0. The van der Waals surface area contributed by atoms with E-state index in [4.69, 9.17) is 21.6 Å². The van der Waals surface area contributed by atoms with Gasteiger partial charge in [-0.25, -0.2) is 9.97 Å². The molecule has 0 bridgehead atoms. The fourth-order valence-electron chi connectivity index (χ4n) is 5.75. The zero-order valence-corrected chi connectivity index (χ0v) is 24.0. The average Bonchev–Trinajstić information content (AvgIpc) is 3.45. The van der Waals surface area contributed by atoms with E-state index in [0.29, 0.717) is 10.8 Å². The van der Waals surface area contributed by atoms with Crippen molar-refractivity contribution >= 4 is 53.9 Å². The maximum atomic E-state index is 6.71. The molecule has 0 saturated heterocycles. The maximum Gasteiger partial charge on any atom is 0.160 e. The average molecular weight is 575 g/mol. The van der Waals surface area contributed by atoms with Gasteiger partial charge in [-0.2, -0.15) is 0 Å². The number of thiophene rings is 1. The smallest absolute Gasteiger partial charge is 0.160 e. The van der Waals surface area contributed by atoms with Crippen LogP contribution < -0.4 is 0 Å². The van der Waals surface area contributed by atoms with E-state index < -0.39 is 0 Å². The second-order valence-corrected chi connectivity index (χ2v) is 11.9. The molecular formula is C38H23ClN2S. The van der Waals surface area contributed by atoms with Gasteiger partial charge in [0.15, 0.2) is 5.82 Å². The number of fused-ring (bicyclic) bond motifs is 5. The highest BCUT2D eigenvalue weighted by Crippen LogP contribution is 2.44. The minimum atomic E-state index is 0.672. The third kappa shape index (κ3) is 4.35. The van der Waals surface area contributed by atoms with E-state index >= 15 is 0 Å². The molecule has 2 heterocycles. The molecule has 4 heteroatoms. The Morgan fingerprint density at radius 3 is 1.95 bits per heavy atom. The highest BCUT2D eigenvalue weighted by molar-refractivity contribution is 7.26. The lowest BCUT2D eigenvalue weighted by Crippen LogP contribution is -1.96. The summed E-state index contributed by atoms with van der Waals surface area (Å²) in [5.74, 6) is 0.687. The van der Waals surface area contributed by atoms with Gasteiger partial charge in [-0.15, -0.1) is 11.3 Å². The molecule has 2 aromatic heterocycles. The first kappa shape index (κ1) is 24.9. The number of benzene rings is 6. The maximum absolute atomic E-state index is 6.71. The summed E-state index contributed by atoms with van der Waals surface area (Å²) in [5.41, 5.74) is 6.92. The van der Waals surface area contributed by atoms with E-state index in [1.54, 1.807) is 0 Å². The van der Waals surface area contributed by atoms with Gasteiger partial charge in [0.05, 0.1) is 11.4 Å². The van der Waals surface area contributed by atoms with Gasteiger partial charge in [-0.05, 0) is 58.3 Å². The standard InChI is InChI=1S/C38H23ClN2S/c39-29-20-27(24-11-3-1-4-12-24)19-28(21-29)33-23-34(41-38(40-33)25-13-5-2-6-14-25)32-22-26-15-7-8-16-30(26)36-31-17-9-10-18-35(31)42-37(32)36/h1-23H. The number of aromatic nitrogens is 2. The number of hydrogen-bond acceptors (Lipinski definition) is 3. The van der Waals surface area contributed by atoms with Gasteiger partial charge in [0.25, 0.3) is 0 Å². The normalized spacial score (nSPS) is 11.5. The molecule has 2 nitrogen and oxygen atoms in total. The van der Waals surface area contributed by atoms with Crippen molar-refractivity contribution in [1.29, 1.82) is 0 Å². The van der Waals surface area contributed by atoms with Crippen LogP contribution in [-0.2, 0) is 0 Å². The topological polar surface area (TPSA) is 25.8 Å². The summed E-state index contributed by atoms with van der Waals surface area (Å²) >= 11 is 8.53. The van der Waals surface area contributed by atoms with Gasteiger partial charge in [0.1, 0.15) is 0 Å². The number of hydrogen-bond donors (Lipinski definition) is 0. The van der Waals surface area contributed by atoms with Gasteiger partial charge in [-0.1, -0.05) is 115 Å². The lowest BCUT2D eigenvalue weighted by molar-refractivity contribution is 1.19. The van der Waals surface area contributed by atoms with E-state index in [-0.39, 0.29) is 0 Å². The van der Waals surface area contributed by atoms with Gasteiger partial charge in [-0.3, -0.25) is 0 Å². The van der Waals surface area contributed by atoms with Crippen LogP contribution in [0.3, 0.4) is 0 Å². The van der Waals surface area contributed by atoms with Crippen LogP contribution in [0.4, 0.5) is 0 Å². The summed E-state index contributed by atoms with van der Waals surface area (Å²) in [6, 6.07) is 48.3. The summed E-state index contributed by atoms with van der Waals surface area (Å²) in [4.78, 5) is 10.3. The molecule has 0 atom stereocenters. The molecule has 0 spiro atoms. The van der Waals surface area contributed by atoms with E-state index in [2.05, 4.69) is 91.0 Å². The molecule has 0 unspecified atom stereocenters. The largest absolute Gasteiger partial charge is 0.228 e. The van der Waals surface area contributed by atoms with Crippen molar-refractivity contribution in [2.24, 2.45) is 0 Å². The summed E-state index contributed by atoms with van der Waals surface area (Å²) in [5, 5.41) is 5.67. The predicted octanol–water partition coefficient (Wildman–Crippen LogP) is 11.3. The lowest BCUT2D eigenvalue weighted by Gasteiger charge is -2.13. The molecule has 0 radical (unpaired) electrons. The Morgan fingerprint density at radius 1 is 0.500 bits per heavy atom. The second-order valence-electron chi connectivity index (χ2n) is 10.4. The van der Waals surface area contributed by atoms with Crippen LogP contribution in [0, 0.1) is 0 Å². The van der Waals surface area contributed by atoms with Crippen molar-refractivity contribution in [2.75, 3.05) is 0 Å². The van der Waals surface area contributed by atoms with Gasteiger partial charge in [0.2, 0.25) is 0 Å². The molecule has 0 N–H and O–H groups in total. The quantitative estimate of drug-likeness (QED) is 0.209. The predicted molar refractivity (Wildman–Crippen MR) is 179 cm³/mol. The third-order valence-electron chi connectivity index (χ3n) is 7.70. The summed E-state index contributed by atoms with van der Waals surface area (Å²) in [6.07, 6.45) is 0. The van der Waals surface area contributed by atoms with Crippen molar-refractivity contribution < 1.29 is 0 Å². The van der Waals surface area contributed by atoms with E-state index in [1.165, 1.54) is 30.9 Å². The molecule has 0 aliphatic rings. The fourth-order valence-corrected chi connectivity index (χ4v) is 7.23. The minimum Gasteiger partial charge on any atom is -0.228 e. The number of nitrogens with zero attached hydrogens (tertiary/aromatic N) is 2. The van der Waals surface area contributed by atoms with Crippen LogP contribution in [0.25, 0.3) is 76.0 Å². The Kier molecular flexibility index (Phi) is 6.06. The SMILES string of the molecule is Clc1cc(-c2ccccc2)cc(-c2cc(-c3cc4ccccc4c4c3sc3ccccc34)nc(-c3ccccc3)n2)c1. The summed E-state index contributed by atoms with van der Waals surface area (Å²) < 4.78 is 2.50. The molecule has 0 aliphatic carbocycles. The van der Waals surface area contributed by atoms with Crippen LogP contribution in [0.15, 0.2) is 140 Å². The Labute approximate surface area is 252 Å². The lowest BCUT2D eigenvalue weighted by atomic mass is 9.97. The molecular weight excluding hydrogens is 552 g/mol. The Balaban J connectivity index is 1.42. The molecule has 42 heavy (non-hydrogen) atoms. The number of halogens is 1. The first-order valence-electron chi connectivity index (χ1n) is 13.9. The monoisotopic (exact) mass is 574 g/mol. The van der Waals surface area contributed by atoms with Gasteiger partial charge in [0, 0.05) is 41.9 Å². The Morgan fingerprint density at radius 2 is 1.14 bits per heavy atom. The van der Waals surface area contributed by atoms with Crippen LogP contribution in [0.1, 0.15) is 0 Å². The highest BCUT2D eigenvalue weighted by atomic mass is 35.5. The Hall–Kier alpha value is -4.83. The van der Waals surface area contributed by atoms with E-state index in [9.17, 15) is 0 Å². The van der Waals surface area contributed by atoms with Crippen LogP contribution >= 0.6 is 22.9 Å². The summed E-state index contributed by atoms with van der Waals surface area (Å²) in [7, 11) is 0. The third-order valence-corrected chi connectivity index (χ3v) is 9.13. The molecule has 0 amide bonds. The second kappa shape index (κ2) is 10.2. The van der Waals surface area contributed by atoms with Crippen molar-refractivity contribution in [1.82, 2.24) is 9.97 Å². The molecule has 8 aromatic rings. The molecule has 8 rings (SSSR count). The first-order chi connectivity index (χ1) is 20.7. The van der Waals surface area contributed by atoms with Crippen molar-refractivity contribution in [2.45, 2.75) is 0 Å². The molecule has 0 saturated carbocycles. The van der Waals surface area contributed by atoms with Crippen molar-refractivity contribution in [3.63, 3.8) is 0 Å². The van der Waals surface area contributed by atoms with E-state index in [1.807, 2.05) is 59.9 Å². The van der Waals surface area contributed by atoms with Gasteiger partial charge >= 0.3 is 0 Å².